The van der Waals surface area contributed by atoms with E-state index in [9.17, 15) is 10.2 Å². The van der Waals surface area contributed by atoms with E-state index in [4.69, 9.17) is 11.6 Å². The minimum Gasteiger partial charge on any atom is -0.395 e. The molecule has 2 rings (SSSR count). The van der Waals surface area contributed by atoms with E-state index in [2.05, 4.69) is 10.1 Å². The highest BCUT2D eigenvalue weighted by molar-refractivity contribution is 6.30. The molecule has 0 aliphatic rings. The second-order valence-corrected chi connectivity index (χ2v) is 5.21. The number of hydrogen-bond donors (Lipinski definition) is 2. The summed E-state index contributed by atoms with van der Waals surface area (Å²) in [6, 6.07) is 7.19. The molecule has 0 unspecified atom stereocenters. The van der Waals surface area contributed by atoms with E-state index in [1.165, 1.54) is 6.33 Å². The van der Waals surface area contributed by atoms with Crippen molar-refractivity contribution >= 4 is 11.6 Å². The molecule has 108 valence electrons. The molecule has 0 bridgehead atoms. The fourth-order valence-electron chi connectivity index (χ4n) is 2.26. The predicted octanol–water partition coefficient (Wildman–Crippen LogP) is 1.42. The van der Waals surface area contributed by atoms with Gasteiger partial charge in [-0.15, -0.1) is 0 Å². The van der Waals surface area contributed by atoms with Crippen LogP contribution in [0.5, 0.6) is 0 Å². The first-order valence-electron chi connectivity index (χ1n) is 6.49. The minimum absolute atomic E-state index is 0.194. The lowest BCUT2D eigenvalue weighted by Gasteiger charge is -2.30. The zero-order valence-corrected chi connectivity index (χ0v) is 12.1. The van der Waals surface area contributed by atoms with Crippen LogP contribution in [0.25, 0.3) is 0 Å². The van der Waals surface area contributed by atoms with Crippen LogP contribution < -0.4 is 0 Å². The predicted molar refractivity (Wildman–Crippen MR) is 76.7 cm³/mol. The molecule has 0 fully saturated rings. The number of halogens is 1. The molecule has 2 N–H and O–H groups in total. The second kappa shape index (κ2) is 6.35. The Morgan fingerprint density at radius 3 is 2.65 bits per heavy atom. The van der Waals surface area contributed by atoms with Gasteiger partial charge in [0.2, 0.25) is 0 Å². The van der Waals surface area contributed by atoms with Crippen LogP contribution in [0.1, 0.15) is 18.3 Å². The lowest BCUT2D eigenvalue weighted by atomic mass is 9.78. The summed E-state index contributed by atoms with van der Waals surface area (Å²) >= 11 is 6.01. The van der Waals surface area contributed by atoms with E-state index in [0.29, 0.717) is 18.0 Å². The number of hydrogen-bond acceptors (Lipinski definition) is 4. The van der Waals surface area contributed by atoms with Gasteiger partial charge < -0.3 is 10.2 Å². The standard InChI is InChI=1S/C14H18ClN3O2/c1-2-18-13(16-10-17-18)7-14(8-19,9-20)11-4-3-5-12(15)6-11/h3-6,10,19-20H,2,7-9H2,1H3. The third-order valence-corrected chi connectivity index (χ3v) is 3.77. The van der Waals surface area contributed by atoms with Crippen molar-refractivity contribution in [3.8, 4) is 0 Å². The molecule has 0 radical (unpaired) electrons. The molecule has 2 aromatic rings. The van der Waals surface area contributed by atoms with Crippen molar-refractivity contribution in [2.45, 2.75) is 25.3 Å². The van der Waals surface area contributed by atoms with Gasteiger partial charge in [-0.2, -0.15) is 5.10 Å². The number of aryl methyl sites for hydroxylation is 1. The molecule has 0 amide bonds. The molecule has 1 aromatic carbocycles. The van der Waals surface area contributed by atoms with Crippen LogP contribution in [0.3, 0.4) is 0 Å². The van der Waals surface area contributed by atoms with Gasteiger partial charge in [-0.25, -0.2) is 4.98 Å². The van der Waals surface area contributed by atoms with Gasteiger partial charge in [-0.1, -0.05) is 23.7 Å². The fourth-order valence-corrected chi connectivity index (χ4v) is 2.45. The van der Waals surface area contributed by atoms with Gasteiger partial charge in [0.15, 0.2) is 0 Å². The van der Waals surface area contributed by atoms with Crippen LogP contribution in [0, 0.1) is 0 Å². The van der Waals surface area contributed by atoms with Crippen molar-refractivity contribution in [2.75, 3.05) is 13.2 Å². The summed E-state index contributed by atoms with van der Waals surface area (Å²) in [4.78, 5) is 4.21. The Labute approximate surface area is 122 Å². The maximum absolute atomic E-state index is 9.82. The van der Waals surface area contributed by atoms with Crippen molar-refractivity contribution in [2.24, 2.45) is 0 Å². The Balaban J connectivity index is 2.39. The summed E-state index contributed by atoms with van der Waals surface area (Å²) in [7, 11) is 0. The molecule has 1 heterocycles. The van der Waals surface area contributed by atoms with Crippen LogP contribution in [-0.2, 0) is 18.4 Å². The zero-order chi connectivity index (χ0) is 14.6. The maximum atomic E-state index is 9.82. The third kappa shape index (κ3) is 2.85. The maximum Gasteiger partial charge on any atom is 0.138 e. The Morgan fingerprint density at radius 1 is 1.30 bits per heavy atom. The van der Waals surface area contributed by atoms with Crippen molar-refractivity contribution in [3.63, 3.8) is 0 Å². The molecule has 6 heteroatoms. The fraction of sp³-hybridized carbons (Fsp3) is 0.429. The number of aliphatic hydroxyl groups is 2. The van der Waals surface area contributed by atoms with E-state index in [1.807, 2.05) is 19.1 Å². The number of aromatic nitrogens is 3. The van der Waals surface area contributed by atoms with E-state index in [-0.39, 0.29) is 13.2 Å². The Hall–Kier alpha value is -1.43. The van der Waals surface area contributed by atoms with Gasteiger partial charge in [0, 0.05) is 23.4 Å². The van der Waals surface area contributed by atoms with Crippen LogP contribution >= 0.6 is 11.6 Å². The highest BCUT2D eigenvalue weighted by Crippen LogP contribution is 2.29. The number of benzene rings is 1. The van der Waals surface area contributed by atoms with Crippen LogP contribution in [0.2, 0.25) is 5.02 Å². The quantitative estimate of drug-likeness (QED) is 0.845. The highest BCUT2D eigenvalue weighted by Gasteiger charge is 2.33. The molecule has 0 atom stereocenters. The normalized spacial score (nSPS) is 11.8. The van der Waals surface area contributed by atoms with Crippen molar-refractivity contribution in [1.82, 2.24) is 14.8 Å². The SMILES string of the molecule is CCn1ncnc1CC(CO)(CO)c1cccc(Cl)c1. The van der Waals surface area contributed by atoms with Crippen molar-refractivity contribution in [1.29, 1.82) is 0 Å². The van der Waals surface area contributed by atoms with Gasteiger partial charge in [0.1, 0.15) is 12.2 Å². The molecular formula is C14H18ClN3O2. The van der Waals surface area contributed by atoms with E-state index in [1.54, 1.807) is 16.8 Å². The number of nitrogens with zero attached hydrogens (tertiary/aromatic N) is 3. The molecule has 0 saturated carbocycles. The average Bonchev–Trinajstić information content (AvgIpc) is 2.92. The van der Waals surface area contributed by atoms with E-state index in [0.717, 1.165) is 11.4 Å². The van der Waals surface area contributed by atoms with E-state index >= 15 is 0 Å². The van der Waals surface area contributed by atoms with Gasteiger partial charge in [0.25, 0.3) is 0 Å². The van der Waals surface area contributed by atoms with Crippen LogP contribution in [0.15, 0.2) is 30.6 Å². The molecule has 0 aliphatic heterocycles. The number of aliphatic hydroxyl groups excluding tert-OH is 2. The summed E-state index contributed by atoms with van der Waals surface area (Å²) in [5, 5.41) is 24.3. The van der Waals surface area contributed by atoms with Gasteiger partial charge in [-0.3, -0.25) is 4.68 Å². The largest absolute Gasteiger partial charge is 0.395 e. The summed E-state index contributed by atoms with van der Waals surface area (Å²) in [5.41, 5.74) is -0.0224. The van der Waals surface area contributed by atoms with Crippen molar-refractivity contribution in [3.05, 3.63) is 47.0 Å². The lowest BCUT2D eigenvalue weighted by Crippen LogP contribution is -2.38. The van der Waals surface area contributed by atoms with Crippen LogP contribution in [-0.4, -0.2) is 38.2 Å². The molecular weight excluding hydrogens is 278 g/mol. The molecule has 0 spiro atoms. The molecule has 5 nitrogen and oxygen atoms in total. The molecule has 0 saturated heterocycles. The minimum atomic E-state index is -0.815. The van der Waals surface area contributed by atoms with Gasteiger partial charge >= 0.3 is 0 Å². The Morgan fingerprint density at radius 2 is 2.05 bits per heavy atom. The monoisotopic (exact) mass is 295 g/mol. The first-order valence-corrected chi connectivity index (χ1v) is 6.87. The van der Waals surface area contributed by atoms with Crippen LogP contribution in [0.4, 0.5) is 0 Å². The first-order chi connectivity index (χ1) is 9.65. The molecule has 0 aliphatic carbocycles. The Kier molecular flexibility index (Phi) is 4.75. The first kappa shape index (κ1) is 15.0. The summed E-state index contributed by atoms with van der Waals surface area (Å²) in [6.45, 7) is 2.27. The Bertz CT molecular complexity index is 567. The molecule has 1 aromatic heterocycles. The third-order valence-electron chi connectivity index (χ3n) is 3.53. The van der Waals surface area contributed by atoms with Crippen molar-refractivity contribution < 1.29 is 10.2 Å². The smallest absolute Gasteiger partial charge is 0.138 e. The highest BCUT2D eigenvalue weighted by atomic mass is 35.5. The summed E-state index contributed by atoms with van der Waals surface area (Å²) < 4.78 is 1.75. The van der Waals surface area contributed by atoms with E-state index < -0.39 is 5.41 Å². The zero-order valence-electron chi connectivity index (χ0n) is 11.3. The molecule has 20 heavy (non-hydrogen) atoms. The van der Waals surface area contributed by atoms with Gasteiger partial charge in [-0.05, 0) is 24.6 Å². The summed E-state index contributed by atoms with van der Waals surface area (Å²) in [6.07, 6.45) is 1.88. The topological polar surface area (TPSA) is 71.2 Å². The second-order valence-electron chi connectivity index (χ2n) is 4.78. The average molecular weight is 296 g/mol. The summed E-state index contributed by atoms with van der Waals surface area (Å²) in [5.74, 6) is 0.732. The number of rotatable bonds is 6. The lowest BCUT2D eigenvalue weighted by molar-refractivity contribution is 0.113. The van der Waals surface area contributed by atoms with Gasteiger partial charge in [0.05, 0.1) is 13.2 Å².